The summed E-state index contributed by atoms with van der Waals surface area (Å²) in [5.74, 6) is -0.893. The van der Waals surface area contributed by atoms with Gasteiger partial charge in [0.05, 0.1) is 5.56 Å². The van der Waals surface area contributed by atoms with Crippen molar-refractivity contribution in [3.8, 4) is 11.1 Å². The fourth-order valence-corrected chi connectivity index (χ4v) is 2.98. The fraction of sp³-hybridized carbons (Fsp3) is 0. The predicted octanol–water partition coefficient (Wildman–Crippen LogP) is 4.27. The van der Waals surface area contributed by atoms with Gasteiger partial charge < -0.3 is 5.11 Å². The van der Waals surface area contributed by atoms with E-state index in [0.29, 0.717) is 5.56 Å². The highest BCUT2D eigenvalue weighted by atomic mass is 32.1. The van der Waals surface area contributed by atoms with E-state index in [0.717, 1.165) is 11.1 Å². The number of benzene rings is 2. The van der Waals surface area contributed by atoms with Crippen LogP contribution in [0.4, 0.5) is 0 Å². The van der Waals surface area contributed by atoms with E-state index in [9.17, 15) is 4.79 Å². The largest absolute Gasteiger partial charge is 0.478 e. The monoisotopic (exact) mass is 254 g/mol. The van der Waals surface area contributed by atoms with Crippen LogP contribution in [0, 0.1) is 0 Å². The second-order valence-electron chi connectivity index (χ2n) is 4.03. The molecule has 0 saturated carbocycles. The first-order valence-corrected chi connectivity index (χ1v) is 6.43. The molecule has 0 saturated heterocycles. The van der Waals surface area contributed by atoms with Crippen molar-refractivity contribution in [3.05, 3.63) is 59.5 Å². The molecule has 2 nitrogen and oxygen atoms in total. The zero-order chi connectivity index (χ0) is 12.5. The first-order valence-electron chi connectivity index (χ1n) is 5.55. The summed E-state index contributed by atoms with van der Waals surface area (Å²) in [5, 5.41) is 12.3. The highest BCUT2D eigenvalue weighted by Crippen LogP contribution is 2.32. The van der Waals surface area contributed by atoms with Gasteiger partial charge in [0.15, 0.2) is 0 Å². The number of aromatic carboxylic acids is 1. The van der Waals surface area contributed by atoms with Crippen molar-refractivity contribution in [1.82, 2.24) is 0 Å². The second-order valence-corrected chi connectivity index (χ2v) is 4.95. The highest BCUT2D eigenvalue weighted by molar-refractivity contribution is 7.17. The third kappa shape index (κ3) is 1.79. The van der Waals surface area contributed by atoms with Gasteiger partial charge in [-0.2, -0.15) is 0 Å². The van der Waals surface area contributed by atoms with Crippen LogP contribution in [-0.2, 0) is 0 Å². The molecule has 0 spiro atoms. The van der Waals surface area contributed by atoms with Gasteiger partial charge >= 0.3 is 5.97 Å². The van der Waals surface area contributed by atoms with Gasteiger partial charge in [0.1, 0.15) is 0 Å². The normalized spacial score (nSPS) is 10.7. The summed E-state index contributed by atoms with van der Waals surface area (Å²) in [7, 11) is 0. The van der Waals surface area contributed by atoms with Gasteiger partial charge in [-0.1, -0.05) is 30.3 Å². The molecule has 0 aliphatic rings. The summed E-state index contributed by atoms with van der Waals surface area (Å²) in [6.45, 7) is 0. The summed E-state index contributed by atoms with van der Waals surface area (Å²) in [6, 6.07) is 15.2. The molecule has 0 aliphatic carbocycles. The molecule has 0 atom stereocenters. The molecule has 0 unspecified atom stereocenters. The average Bonchev–Trinajstić information content (AvgIpc) is 2.87. The molecular weight excluding hydrogens is 244 g/mol. The lowest BCUT2D eigenvalue weighted by atomic mass is 10.0. The van der Waals surface area contributed by atoms with E-state index in [2.05, 4.69) is 17.5 Å². The van der Waals surface area contributed by atoms with Crippen LogP contribution in [0.25, 0.3) is 21.2 Å². The quantitative estimate of drug-likeness (QED) is 0.741. The maximum Gasteiger partial charge on any atom is 0.335 e. The fourth-order valence-electron chi connectivity index (χ4n) is 2.04. The molecule has 18 heavy (non-hydrogen) atoms. The van der Waals surface area contributed by atoms with Crippen molar-refractivity contribution in [2.45, 2.75) is 0 Å². The van der Waals surface area contributed by atoms with Crippen molar-refractivity contribution >= 4 is 27.4 Å². The Morgan fingerprint density at radius 3 is 2.72 bits per heavy atom. The van der Waals surface area contributed by atoms with Gasteiger partial charge in [-0.3, -0.25) is 0 Å². The molecule has 0 aliphatic heterocycles. The molecule has 1 aromatic heterocycles. The minimum absolute atomic E-state index is 0.320. The first-order chi connectivity index (χ1) is 8.75. The lowest BCUT2D eigenvalue weighted by molar-refractivity contribution is 0.0697. The Balaban J connectivity index is 2.23. The van der Waals surface area contributed by atoms with Crippen LogP contribution in [-0.4, -0.2) is 11.1 Å². The molecule has 88 valence electrons. The van der Waals surface area contributed by atoms with Gasteiger partial charge in [0.2, 0.25) is 0 Å². The first kappa shape index (κ1) is 11.0. The predicted molar refractivity (Wildman–Crippen MR) is 74.2 cm³/mol. The highest BCUT2D eigenvalue weighted by Gasteiger charge is 2.08. The Bertz CT molecular complexity index is 728. The summed E-state index contributed by atoms with van der Waals surface area (Å²) in [6.07, 6.45) is 0. The molecule has 1 N–H and O–H groups in total. The molecule has 2 aromatic carbocycles. The Hall–Kier alpha value is -2.13. The number of hydrogen-bond donors (Lipinski definition) is 1. The summed E-state index contributed by atoms with van der Waals surface area (Å²) < 4.78 is 1.19. The van der Waals surface area contributed by atoms with Crippen LogP contribution in [0.2, 0.25) is 0 Å². The van der Waals surface area contributed by atoms with Crippen molar-refractivity contribution in [2.75, 3.05) is 0 Å². The van der Waals surface area contributed by atoms with E-state index < -0.39 is 5.97 Å². The SMILES string of the molecule is O=C(O)c1cccc(-c2cccc3ccsc23)c1. The standard InChI is InChI=1S/C15H10O2S/c16-15(17)12-5-1-4-11(9-12)13-6-2-3-10-7-8-18-14(10)13/h1-9H,(H,16,17). The Morgan fingerprint density at radius 1 is 1.06 bits per heavy atom. The molecule has 3 heteroatoms. The van der Waals surface area contributed by atoms with E-state index in [-0.39, 0.29) is 0 Å². The van der Waals surface area contributed by atoms with Gasteiger partial charge in [-0.15, -0.1) is 11.3 Å². The molecule has 0 bridgehead atoms. The van der Waals surface area contributed by atoms with E-state index in [1.807, 2.05) is 18.2 Å². The third-order valence-electron chi connectivity index (χ3n) is 2.90. The average molecular weight is 254 g/mol. The lowest BCUT2D eigenvalue weighted by Crippen LogP contribution is -1.95. The van der Waals surface area contributed by atoms with Crippen LogP contribution in [0.3, 0.4) is 0 Å². The maximum absolute atomic E-state index is 11.0. The maximum atomic E-state index is 11.0. The number of carboxylic acids is 1. The smallest absolute Gasteiger partial charge is 0.335 e. The summed E-state index contributed by atoms with van der Waals surface area (Å²) >= 11 is 1.68. The summed E-state index contributed by atoms with van der Waals surface area (Å²) in [5.41, 5.74) is 2.36. The molecule has 3 aromatic rings. The Kier molecular flexibility index (Phi) is 2.61. The number of thiophene rings is 1. The van der Waals surface area contributed by atoms with Crippen molar-refractivity contribution < 1.29 is 9.90 Å². The van der Waals surface area contributed by atoms with Gasteiger partial charge in [-0.25, -0.2) is 4.79 Å². The summed E-state index contributed by atoms with van der Waals surface area (Å²) in [4.78, 5) is 11.0. The van der Waals surface area contributed by atoms with Gasteiger partial charge in [0.25, 0.3) is 0 Å². The Labute approximate surface area is 108 Å². The van der Waals surface area contributed by atoms with Crippen LogP contribution in [0.15, 0.2) is 53.9 Å². The molecule has 3 rings (SSSR count). The van der Waals surface area contributed by atoms with Crippen LogP contribution in [0.1, 0.15) is 10.4 Å². The zero-order valence-electron chi connectivity index (χ0n) is 9.46. The number of carbonyl (C=O) groups is 1. The van der Waals surface area contributed by atoms with Crippen LogP contribution < -0.4 is 0 Å². The van der Waals surface area contributed by atoms with Crippen LogP contribution in [0.5, 0.6) is 0 Å². The topological polar surface area (TPSA) is 37.3 Å². The molecule has 1 heterocycles. The minimum Gasteiger partial charge on any atom is -0.478 e. The number of fused-ring (bicyclic) bond motifs is 1. The van der Waals surface area contributed by atoms with Crippen molar-refractivity contribution in [1.29, 1.82) is 0 Å². The van der Waals surface area contributed by atoms with E-state index in [4.69, 9.17) is 5.11 Å². The van der Waals surface area contributed by atoms with Gasteiger partial charge in [0, 0.05) is 4.70 Å². The van der Waals surface area contributed by atoms with Crippen molar-refractivity contribution in [2.24, 2.45) is 0 Å². The Morgan fingerprint density at radius 2 is 1.89 bits per heavy atom. The van der Waals surface area contributed by atoms with Crippen LogP contribution >= 0.6 is 11.3 Å². The third-order valence-corrected chi connectivity index (χ3v) is 3.86. The second kappa shape index (κ2) is 4.27. The van der Waals surface area contributed by atoms with E-state index >= 15 is 0 Å². The minimum atomic E-state index is -0.893. The van der Waals surface area contributed by atoms with Gasteiger partial charge in [-0.05, 0) is 40.1 Å². The van der Waals surface area contributed by atoms with Crippen molar-refractivity contribution in [3.63, 3.8) is 0 Å². The van der Waals surface area contributed by atoms with E-state index in [1.165, 1.54) is 10.1 Å². The molecule has 0 fully saturated rings. The molecule has 0 amide bonds. The zero-order valence-corrected chi connectivity index (χ0v) is 10.3. The van der Waals surface area contributed by atoms with E-state index in [1.54, 1.807) is 29.5 Å². The molecular formula is C15H10O2S. The number of rotatable bonds is 2. The number of carboxylic acid groups (broad SMARTS) is 1. The molecule has 0 radical (unpaired) electrons. The number of hydrogen-bond acceptors (Lipinski definition) is 2. The lowest BCUT2D eigenvalue weighted by Gasteiger charge is -2.04.